The first-order chi connectivity index (χ1) is 10.4. The first kappa shape index (κ1) is 16.1. The zero-order valence-electron chi connectivity index (χ0n) is 11.8. The lowest BCUT2D eigenvalue weighted by atomic mass is 10.2. The minimum atomic E-state index is -3.16. The standard InChI is InChI=1S/C14H16Cl2N2O3S/c15-11-7-10(8-12(16)9-11)14(19)17-3-5-18(6-4-17)22(20,21)13-1-2-13/h7-9,13H,1-6H2. The normalized spacial score (nSPS) is 20.2. The zero-order chi connectivity index (χ0) is 15.9. The van der Waals surface area contributed by atoms with Crippen LogP contribution in [0, 0.1) is 0 Å². The number of rotatable bonds is 3. The lowest BCUT2D eigenvalue weighted by Crippen LogP contribution is -2.51. The Hall–Kier alpha value is -0.820. The minimum absolute atomic E-state index is 0.173. The largest absolute Gasteiger partial charge is 0.336 e. The smallest absolute Gasteiger partial charge is 0.254 e. The van der Waals surface area contributed by atoms with Gasteiger partial charge < -0.3 is 4.90 Å². The van der Waals surface area contributed by atoms with Crippen LogP contribution in [0.15, 0.2) is 18.2 Å². The molecule has 1 aromatic carbocycles. The van der Waals surface area contributed by atoms with E-state index in [1.807, 2.05) is 0 Å². The number of sulfonamides is 1. The average molecular weight is 363 g/mol. The molecule has 0 spiro atoms. The van der Waals surface area contributed by atoms with Crippen molar-refractivity contribution >= 4 is 39.1 Å². The van der Waals surface area contributed by atoms with Gasteiger partial charge in [-0.1, -0.05) is 23.2 Å². The number of hydrogen-bond donors (Lipinski definition) is 0. The summed E-state index contributed by atoms with van der Waals surface area (Å²) in [7, 11) is -3.16. The van der Waals surface area contributed by atoms with E-state index in [0.29, 0.717) is 41.8 Å². The van der Waals surface area contributed by atoms with Gasteiger partial charge in [0.1, 0.15) is 0 Å². The van der Waals surface area contributed by atoms with Crippen molar-refractivity contribution in [2.75, 3.05) is 26.2 Å². The number of benzene rings is 1. The van der Waals surface area contributed by atoms with Gasteiger partial charge in [0.25, 0.3) is 5.91 Å². The Balaban J connectivity index is 1.67. The molecule has 2 aliphatic rings. The molecule has 0 aromatic heterocycles. The van der Waals surface area contributed by atoms with Crippen molar-refractivity contribution in [2.24, 2.45) is 0 Å². The Kier molecular flexibility index (Phi) is 4.38. The van der Waals surface area contributed by atoms with Crippen molar-refractivity contribution in [1.29, 1.82) is 0 Å². The monoisotopic (exact) mass is 362 g/mol. The third kappa shape index (κ3) is 3.25. The fourth-order valence-corrected chi connectivity index (χ4v) is 4.93. The number of carbonyl (C=O) groups excluding carboxylic acids is 1. The predicted octanol–water partition coefficient (Wildman–Crippen LogP) is 2.24. The van der Waals surface area contributed by atoms with E-state index in [4.69, 9.17) is 23.2 Å². The molecule has 0 unspecified atom stereocenters. The molecule has 1 aliphatic carbocycles. The van der Waals surface area contributed by atoms with Gasteiger partial charge in [-0.3, -0.25) is 4.79 Å². The fraction of sp³-hybridized carbons (Fsp3) is 0.500. The summed E-state index contributed by atoms with van der Waals surface area (Å²) in [6.45, 7) is 1.46. The van der Waals surface area contributed by atoms with Crippen molar-refractivity contribution in [2.45, 2.75) is 18.1 Å². The van der Waals surface area contributed by atoms with Crippen molar-refractivity contribution in [3.63, 3.8) is 0 Å². The van der Waals surface area contributed by atoms with Gasteiger partial charge >= 0.3 is 0 Å². The summed E-state index contributed by atoms with van der Waals surface area (Å²) in [5, 5.41) is 0.609. The molecule has 1 aliphatic heterocycles. The van der Waals surface area contributed by atoms with Crippen LogP contribution in [0.1, 0.15) is 23.2 Å². The van der Waals surface area contributed by atoms with E-state index in [9.17, 15) is 13.2 Å². The summed E-state index contributed by atoms with van der Waals surface area (Å²) < 4.78 is 25.8. The predicted molar refractivity (Wildman–Crippen MR) is 85.9 cm³/mol. The number of nitrogens with zero attached hydrogens (tertiary/aromatic N) is 2. The van der Waals surface area contributed by atoms with Crippen LogP contribution >= 0.6 is 23.2 Å². The molecule has 1 saturated heterocycles. The molecule has 3 rings (SSSR count). The maximum atomic E-state index is 12.4. The van der Waals surface area contributed by atoms with Crippen molar-refractivity contribution in [3.05, 3.63) is 33.8 Å². The molecule has 1 saturated carbocycles. The lowest BCUT2D eigenvalue weighted by Gasteiger charge is -2.34. The van der Waals surface area contributed by atoms with Gasteiger partial charge in [0.2, 0.25) is 10.0 Å². The molecule has 1 heterocycles. The summed E-state index contributed by atoms with van der Waals surface area (Å²) >= 11 is 11.8. The number of amides is 1. The molecule has 1 aromatic rings. The van der Waals surface area contributed by atoms with Crippen LogP contribution in [0.5, 0.6) is 0 Å². The Labute approximate surface area is 139 Å². The number of carbonyl (C=O) groups is 1. The molecule has 0 atom stereocenters. The molecule has 0 bridgehead atoms. The second-order valence-electron chi connectivity index (χ2n) is 5.59. The van der Waals surface area contributed by atoms with Gasteiger partial charge in [0, 0.05) is 41.8 Å². The van der Waals surface area contributed by atoms with Crippen LogP contribution in [0.25, 0.3) is 0 Å². The topological polar surface area (TPSA) is 57.7 Å². The van der Waals surface area contributed by atoms with Crippen LogP contribution in [-0.2, 0) is 10.0 Å². The van der Waals surface area contributed by atoms with Crippen LogP contribution in [-0.4, -0.2) is 55.0 Å². The number of halogens is 2. The Bertz CT molecular complexity index is 676. The van der Waals surface area contributed by atoms with E-state index in [0.717, 1.165) is 12.8 Å². The van der Waals surface area contributed by atoms with Gasteiger partial charge in [-0.25, -0.2) is 8.42 Å². The molecule has 0 N–H and O–H groups in total. The van der Waals surface area contributed by atoms with E-state index >= 15 is 0 Å². The van der Waals surface area contributed by atoms with E-state index in [-0.39, 0.29) is 11.2 Å². The summed E-state index contributed by atoms with van der Waals surface area (Å²) in [6, 6.07) is 4.71. The first-order valence-corrected chi connectivity index (χ1v) is 9.38. The van der Waals surface area contributed by atoms with Crippen molar-refractivity contribution in [3.8, 4) is 0 Å². The van der Waals surface area contributed by atoms with E-state index in [2.05, 4.69) is 0 Å². The molecule has 2 fully saturated rings. The van der Waals surface area contributed by atoms with Crippen LogP contribution < -0.4 is 0 Å². The summed E-state index contributed by atoms with van der Waals surface area (Å²) in [6.07, 6.45) is 1.50. The van der Waals surface area contributed by atoms with E-state index in [1.54, 1.807) is 23.1 Å². The van der Waals surface area contributed by atoms with Crippen LogP contribution in [0.2, 0.25) is 10.0 Å². The molecule has 120 valence electrons. The van der Waals surface area contributed by atoms with Crippen LogP contribution in [0.3, 0.4) is 0 Å². The fourth-order valence-electron chi connectivity index (χ4n) is 2.58. The second kappa shape index (κ2) is 6.00. The maximum absolute atomic E-state index is 12.4. The molecule has 5 nitrogen and oxygen atoms in total. The molecule has 0 radical (unpaired) electrons. The maximum Gasteiger partial charge on any atom is 0.254 e. The SMILES string of the molecule is O=C(c1cc(Cl)cc(Cl)c1)N1CCN(S(=O)(=O)C2CC2)CC1. The second-order valence-corrected chi connectivity index (χ2v) is 8.68. The molecule has 8 heteroatoms. The van der Waals surface area contributed by atoms with Crippen molar-refractivity contribution in [1.82, 2.24) is 9.21 Å². The van der Waals surface area contributed by atoms with Crippen molar-refractivity contribution < 1.29 is 13.2 Å². The Morgan fingerprint density at radius 1 is 1.00 bits per heavy atom. The Morgan fingerprint density at radius 2 is 1.55 bits per heavy atom. The highest BCUT2D eigenvalue weighted by atomic mass is 35.5. The summed E-state index contributed by atoms with van der Waals surface area (Å²) in [5.74, 6) is -0.173. The van der Waals surface area contributed by atoms with Gasteiger partial charge in [-0.15, -0.1) is 0 Å². The molecule has 22 heavy (non-hydrogen) atoms. The Morgan fingerprint density at radius 3 is 2.05 bits per heavy atom. The minimum Gasteiger partial charge on any atom is -0.336 e. The average Bonchev–Trinajstić information content (AvgIpc) is 3.30. The highest BCUT2D eigenvalue weighted by molar-refractivity contribution is 7.90. The third-order valence-electron chi connectivity index (χ3n) is 3.94. The molecular formula is C14H16Cl2N2O3S. The molecule has 1 amide bonds. The molecular weight excluding hydrogens is 347 g/mol. The first-order valence-electron chi connectivity index (χ1n) is 7.12. The third-order valence-corrected chi connectivity index (χ3v) is 6.78. The number of piperazine rings is 1. The van der Waals surface area contributed by atoms with Gasteiger partial charge in [-0.2, -0.15) is 4.31 Å². The van der Waals surface area contributed by atoms with E-state index < -0.39 is 10.0 Å². The highest BCUT2D eigenvalue weighted by Crippen LogP contribution is 2.31. The van der Waals surface area contributed by atoms with Gasteiger partial charge in [0.05, 0.1) is 5.25 Å². The van der Waals surface area contributed by atoms with Crippen LogP contribution in [0.4, 0.5) is 0 Å². The summed E-state index contributed by atoms with van der Waals surface area (Å²) in [5.41, 5.74) is 0.427. The summed E-state index contributed by atoms with van der Waals surface area (Å²) in [4.78, 5) is 14.1. The lowest BCUT2D eigenvalue weighted by molar-refractivity contribution is 0.0698. The quantitative estimate of drug-likeness (QED) is 0.828. The van der Waals surface area contributed by atoms with Gasteiger partial charge in [-0.05, 0) is 31.0 Å². The van der Waals surface area contributed by atoms with E-state index in [1.165, 1.54) is 4.31 Å². The zero-order valence-corrected chi connectivity index (χ0v) is 14.2. The number of hydrogen-bond acceptors (Lipinski definition) is 3. The highest BCUT2D eigenvalue weighted by Gasteiger charge is 2.41. The van der Waals surface area contributed by atoms with Gasteiger partial charge in [0.15, 0.2) is 0 Å².